The minimum absolute atomic E-state index is 0.335. The number of alkyl halides is 3. The van der Waals surface area contributed by atoms with Crippen LogP contribution in [0.4, 0.5) is 24.5 Å². The lowest BCUT2D eigenvalue weighted by Crippen LogP contribution is -2.05. The second kappa shape index (κ2) is 5.50. The molecule has 0 aliphatic heterocycles. The van der Waals surface area contributed by atoms with E-state index in [0.717, 1.165) is 12.1 Å². The molecule has 0 aliphatic rings. The fourth-order valence-corrected chi connectivity index (χ4v) is 2.11. The third-order valence-corrected chi connectivity index (χ3v) is 3.66. The van der Waals surface area contributed by atoms with Gasteiger partial charge in [-0.25, -0.2) is 0 Å². The number of pyridine rings is 1. The number of nitrogens with zero attached hydrogens (tertiary/aromatic N) is 1. The van der Waals surface area contributed by atoms with Gasteiger partial charge in [0.2, 0.25) is 0 Å². The highest BCUT2D eigenvalue weighted by atomic mass is 79.9. The zero-order chi connectivity index (χ0) is 14.0. The molecule has 0 fully saturated rings. The Morgan fingerprint density at radius 2 is 1.74 bits per heavy atom. The molecule has 19 heavy (non-hydrogen) atoms. The van der Waals surface area contributed by atoms with Gasteiger partial charge in [-0.15, -0.1) is 0 Å². The predicted molar refractivity (Wildman–Crippen MR) is 74.4 cm³/mol. The molecule has 0 unspecified atom stereocenters. The molecule has 1 heterocycles. The molecule has 0 bridgehead atoms. The van der Waals surface area contributed by atoms with Gasteiger partial charge in [0.1, 0.15) is 0 Å². The van der Waals surface area contributed by atoms with Crippen LogP contribution < -0.4 is 5.32 Å². The Bertz CT molecular complexity index is 600. The van der Waals surface area contributed by atoms with Crippen molar-refractivity contribution in [2.45, 2.75) is 6.18 Å². The van der Waals surface area contributed by atoms with Crippen molar-refractivity contribution < 1.29 is 13.2 Å². The molecule has 0 radical (unpaired) electrons. The van der Waals surface area contributed by atoms with Crippen LogP contribution in [0.15, 0.2) is 45.6 Å². The SMILES string of the molecule is FC(F)(F)c1ccc(Br)c(Nc2ccncc2Br)c1. The molecule has 0 spiro atoms. The molecule has 0 saturated heterocycles. The number of halogens is 5. The van der Waals surface area contributed by atoms with E-state index in [1.807, 2.05) is 0 Å². The summed E-state index contributed by atoms with van der Waals surface area (Å²) in [5.41, 5.74) is 0.264. The average Bonchev–Trinajstić information content (AvgIpc) is 2.33. The van der Waals surface area contributed by atoms with E-state index in [9.17, 15) is 13.2 Å². The summed E-state index contributed by atoms with van der Waals surface area (Å²) in [6, 6.07) is 5.10. The van der Waals surface area contributed by atoms with Gasteiger partial charge >= 0.3 is 6.18 Å². The van der Waals surface area contributed by atoms with Gasteiger partial charge in [-0.1, -0.05) is 0 Å². The van der Waals surface area contributed by atoms with Gasteiger partial charge in [0.25, 0.3) is 0 Å². The Balaban J connectivity index is 2.38. The Hall–Kier alpha value is -1.08. The van der Waals surface area contributed by atoms with Crippen molar-refractivity contribution in [3.05, 3.63) is 51.2 Å². The van der Waals surface area contributed by atoms with Crippen LogP contribution in [0.5, 0.6) is 0 Å². The van der Waals surface area contributed by atoms with Crippen LogP contribution in [-0.2, 0) is 6.18 Å². The molecule has 1 aromatic carbocycles. The number of nitrogens with one attached hydrogen (secondary N) is 1. The Labute approximate surface area is 124 Å². The maximum atomic E-state index is 12.7. The number of benzene rings is 1. The quantitative estimate of drug-likeness (QED) is 0.739. The van der Waals surface area contributed by atoms with Crippen molar-refractivity contribution in [3.8, 4) is 0 Å². The van der Waals surface area contributed by atoms with E-state index in [1.54, 1.807) is 18.5 Å². The van der Waals surface area contributed by atoms with E-state index >= 15 is 0 Å². The van der Waals surface area contributed by atoms with E-state index in [0.29, 0.717) is 20.3 Å². The first kappa shape index (κ1) is 14.3. The van der Waals surface area contributed by atoms with Crippen LogP contribution in [0.2, 0.25) is 0 Å². The Kier molecular flexibility index (Phi) is 4.15. The zero-order valence-corrected chi connectivity index (χ0v) is 12.5. The first-order chi connectivity index (χ1) is 8.88. The average molecular weight is 396 g/mol. The van der Waals surface area contributed by atoms with E-state index in [1.165, 1.54) is 6.07 Å². The second-order valence-corrected chi connectivity index (χ2v) is 5.38. The molecule has 2 rings (SSSR count). The third-order valence-electron chi connectivity index (χ3n) is 2.34. The van der Waals surface area contributed by atoms with E-state index < -0.39 is 11.7 Å². The smallest absolute Gasteiger partial charge is 0.354 e. The lowest BCUT2D eigenvalue weighted by atomic mass is 10.2. The minimum Gasteiger partial charge on any atom is -0.354 e. The third kappa shape index (κ3) is 3.48. The Morgan fingerprint density at radius 3 is 2.37 bits per heavy atom. The van der Waals surface area contributed by atoms with Crippen LogP contribution in [0.25, 0.3) is 0 Å². The van der Waals surface area contributed by atoms with E-state index in [4.69, 9.17) is 0 Å². The van der Waals surface area contributed by atoms with Crippen molar-refractivity contribution >= 4 is 43.2 Å². The molecule has 0 saturated carbocycles. The lowest BCUT2D eigenvalue weighted by molar-refractivity contribution is -0.137. The largest absolute Gasteiger partial charge is 0.416 e. The van der Waals surface area contributed by atoms with Gasteiger partial charge in [0.15, 0.2) is 0 Å². The van der Waals surface area contributed by atoms with Crippen LogP contribution >= 0.6 is 31.9 Å². The molecular weight excluding hydrogens is 389 g/mol. The van der Waals surface area contributed by atoms with Crippen LogP contribution in [0.3, 0.4) is 0 Å². The first-order valence-corrected chi connectivity index (χ1v) is 6.70. The van der Waals surface area contributed by atoms with Gasteiger partial charge in [-0.3, -0.25) is 4.98 Å². The number of hydrogen-bond acceptors (Lipinski definition) is 2. The molecular formula is C12H7Br2F3N2. The second-order valence-electron chi connectivity index (χ2n) is 3.67. The highest BCUT2D eigenvalue weighted by Gasteiger charge is 2.30. The minimum atomic E-state index is -4.37. The van der Waals surface area contributed by atoms with Crippen molar-refractivity contribution in [1.29, 1.82) is 0 Å². The van der Waals surface area contributed by atoms with Gasteiger partial charge in [0, 0.05) is 16.9 Å². The van der Waals surface area contributed by atoms with Gasteiger partial charge in [0.05, 0.1) is 21.4 Å². The molecule has 0 amide bonds. The Morgan fingerprint density at radius 1 is 1.00 bits per heavy atom. The molecule has 1 aromatic heterocycles. The standard InChI is InChI=1S/C12H7Br2F3N2/c13-8-2-1-7(12(15,16)17)5-11(8)19-10-3-4-18-6-9(10)14/h1-6H,(H,18,19). The molecule has 7 heteroatoms. The van der Waals surface area contributed by atoms with E-state index in [2.05, 4.69) is 42.2 Å². The van der Waals surface area contributed by atoms with Crippen LogP contribution in [-0.4, -0.2) is 4.98 Å². The molecule has 0 atom stereocenters. The fourth-order valence-electron chi connectivity index (χ4n) is 1.42. The van der Waals surface area contributed by atoms with Gasteiger partial charge in [-0.2, -0.15) is 13.2 Å². The highest BCUT2D eigenvalue weighted by Crippen LogP contribution is 2.36. The van der Waals surface area contributed by atoms with Crippen molar-refractivity contribution in [3.63, 3.8) is 0 Å². The summed E-state index contributed by atoms with van der Waals surface area (Å²) in [4.78, 5) is 3.89. The van der Waals surface area contributed by atoms with Crippen molar-refractivity contribution in [2.24, 2.45) is 0 Å². The number of hydrogen-bond donors (Lipinski definition) is 1. The maximum absolute atomic E-state index is 12.7. The first-order valence-electron chi connectivity index (χ1n) is 5.11. The highest BCUT2D eigenvalue weighted by molar-refractivity contribution is 9.11. The molecule has 100 valence electrons. The maximum Gasteiger partial charge on any atom is 0.416 e. The van der Waals surface area contributed by atoms with Crippen LogP contribution in [0.1, 0.15) is 5.56 Å². The molecule has 2 aromatic rings. The summed E-state index contributed by atoms with van der Waals surface area (Å²) in [6.07, 6.45) is -1.26. The summed E-state index contributed by atoms with van der Waals surface area (Å²) in [7, 11) is 0. The summed E-state index contributed by atoms with van der Waals surface area (Å²) >= 11 is 6.49. The van der Waals surface area contributed by atoms with Gasteiger partial charge in [-0.05, 0) is 56.1 Å². The van der Waals surface area contributed by atoms with Gasteiger partial charge < -0.3 is 5.32 Å². The normalized spacial score (nSPS) is 11.4. The molecule has 2 nitrogen and oxygen atoms in total. The number of rotatable bonds is 2. The van der Waals surface area contributed by atoms with E-state index in [-0.39, 0.29) is 0 Å². The summed E-state index contributed by atoms with van der Waals surface area (Å²) < 4.78 is 39.2. The summed E-state index contributed by atoms with van der Waals surface area (Å²) in [6.45, 7) is 0. The number of anilines is 2. The predicted octanol–water partition coefficient (Wildman–Crippen LogP) is 5.37. The lowest BCUT2D eigenvalue weighted by Gasteiger charge is -2.13. The van der Waals surface area contributed by atoms with Crippen molar-refractivity contribution in [1.82, 2.24) is 4.98 Å². The summed E-state index contributed by atoms with van der Waals surface area (Å²) in [5.74, 6) is 0. The molecule has 0 aliphatic carbocycles. The monoisotopic (exact) mass is 394 g/mol. The molecule has 1 N–H and O–H groups in total. The van der Waals surface area contributed by atoms with Crippen molar-refractivity contribution in [2.75, 3.05) is 5.32 Å². The fraction of sp³-hybridized carbons (Fsp3) is 0.0833. The summed E-state index contributed by atoms with van der Waals surface area (Å²) in [5, 5.41) is 2.92. The topological polar surface area (TPSA) is 24.9 Å². The number of aromatic nitrogens is 1. The van der Waals surface area contributed by atoms with Crippen LogP contribution in [0, 0.1) is 0 Å². The zero-order valence-electron chi connectivity index (χ0n) is 9.30.